The molecule has 3 heterocycles. The molecular weight excluding hydrogens is 312 g/mol. The van der Waals surface area contributed by atoms with Crippen LogP contribution in [0, 0.1) is 0 Å². The molecule has 0 bridgehead atoms. The Labute approximate surface area is 139 Å². The van der Waals surface area contributed by atoms with Gasteiger partial charge < -0.3 is 19.5 Å². The third-order valence-corrected chi connectivity index (χ3v) is 3.65. The van der Waals surface area contributed by atoms with E-state index < -0.39 is 0 Å². The van der Waals surface area contributed by atoms with E-state index in [4.69, 9.17) is 9.26 Å². The second-order valence-electron chi connectivity index (χ2n) is 5.33. The minimum atomic E-state index is -0.223. The molecule has 1 aliphatic heterocycles. The second kappa shape index (κ2) is 7.82. The number of rotatable bonds is 6. The predicted molar refractivity (Wildman–Crippen MR) is 84.8 cm³/mol. The fraction of sp³-hybridized carbons (Fsp3) is 0.533. The van der Waals surface area contributed by atoms with Gasteiger partial charge in [-0.1, -0.05) is 12.1 Å². The summed E-state index contributed by atoms with van der Waals surface area (Å²) in [6.07, 6.45) is 4.29. The average molecular weight is 332 g/mol. The molecule has 128 valence electrons. The topological polar surface area (TPSA) is 106 Å². The van der Waals surface area contributed by atoms with Gasteiger partial charge in [0.25, 0.3) is 5.91 Å². The van der Waals surface area contributed by atoms with Gasteiger partial charge in [-0.3, -0.25) is 4.79 Å². The quantitative estimate of drug-likeness (QED) is 0.801. The number of nitrogens with zero attached hydrogens (tertiary/aromatic N) is 5. The summed E-state index contributed by atoms with van der Waals surface area (Å²) in [7, 11) is 0. The van der Waals surface area contributed by atoms with Crippen molar-refractivity contribution in [1.82, 2.24) is 25.4 Å². The fourth-order valence-electron chi connectivity index (χ4n) is 2.29. The maximum atomic E-state index is 12.1. The highest BCUT2D eigenvalue weighted by molar-refractivity contribution is 5.93. The smallest absolute Gasteiger partial charge is 0.254 e. The summed E-state index contributed by atoms with van der Waals surface area (Å²) in [6.45, 7) is 5.22. The largest absolute Gasteiger partial charge is 0.378 e. The number of aryl methyl sites for hydroxylation is 1. The Kier molecular flexibility index (Phi) is 5.32. The highest BCUT2D eigenvalue weighted by Gasteiger charge is 2.15. The molecule has 1 amide bonds. The van der Waals surface area contributed by atoms with Crippen molar-refractivity contribution in [2.45, 2.75) is 19.8 Å². The van der Waals surface area contributed by atoms with Crippen LogP contribution in [0.25, 0.3) is 0 Å². The minimum Gasteiger partial charge on any atom is -0.378 e. The van der Waals surface area contributed by atoms with E-state index in [1.54, 1.807) is 0 Å². The number of aromatic nitrogens is 4. The molecule has 9 nitrogen and oxygen atoms in total. The number of hydrogen-bond acceptors (Lipinski definition) is 8. The molecule has 1 fully saturated rings. The Morgan fingerprint density at radius 3 is 2.71 bits per heavy atom. The Morgan fingerprint density at radius 1 is 1.29 bits per heavy atom. The molecule has 2 aromatic rings. The number of hydrogen-bond donors (Lipinski definition) is 1. The van der Waals surface area contributed by atoms with Crippen molar-refractivity contribution in [3.8, 4) is 0 Å². The molecule has 0 aromatic carbocycles. The van der Waals surface area contributed by atoms with E-state index in [1.165, 1.54) is 12.4 Å². The molecule has 9 heteroatoms. The van der Waals surface area contributed by atoms with Crippen molar-refractivity contribution in [2.24, 2.45) is 0 Å². The van der Waals surface area contributed by atoms with Crippen LogP contribution >= 0.6 is 0 Å². The van der Waals surface area contributed by atoms with Gasteiger partial charge in [-0.2, -0.15) is 4.98 Å². The van der Waals surface area contributed by atoms with Crippen molar-refractivity contribution in [2.75, 3.05) is 37.7 Å². The van der Waals surface area contributed by atoms with Gasteiger partial charge in [-0.05, 0) is 0 Å². The maximum absolute atomic E-state index is 12.1. The SMILES string of the molecule is CCc1noc(CCNC(=O)c2cnc(N3CCOCC3)nc2)n1. The van der Waals surface area contributed by atoms with E-state index in [0.29, 0.717) is 49.4 Å². The maximum Gasteiger partial charge on any atom is 0.254 e. The highest BCUT2D eigenvalue weighted by Crippen LogP contribution is 2.09. The number of anilines is 1. The third-order valence-electron chi connectivity index (χ3n) is 3.65. The third kappa shape index (κ3) is 4.05. The van der Waals surface area contributed by atoms with E-state index in [9.17, 15) is 4.79 Å². The lowest BCUT2D eigenvalue weighted by molar-refractivity contribution is 0.0952. The molecule has 24 heavy (non-hydrogen) atoms. The molecule has 0 unspecified atom stereocenters. The molecule has 0 saturated carbocycles. The summed E-state index contributed by atoms with van der Waals surface area (Å²) in [5.41, 5.74) is 0.423. The first kappa shape index (κ1) is 16.3. The van der Waals surface area contributed by atoms with Crippen LogP contribution in [0.5, 0.6) is 0 Å². The minimum absolute atomic E-state index is 0.223. The van der Waals surface area contributed by atoms with Crippen LogP contribution in [0.4, 0.5) is 5.95 Å². The molecule has 2 aromatic heterocycles. The molecule has 0 radical (unpaired) electrons. The van der Waals surface area contributed by atoms with E-state index >= 15 is 0 Å². The number of morpholine rings is 1. The zero-order chi connectivity index (χ0) is 16.8. The molecule has 1 aliphatic rings. The summed E-state index contributed by atoms with van der Waals surface area (Å²) in [5.74, 6) is 1.58. The number of ether oxygens (including phenoxy) is 1. The average Bonchev–Trinajstić information content (AvgIpc) is 3.10. The Hall–Kier alpha value is -2.55. The van der Waals surface area contributed by atoms with Crippen LogP contribution in [0.3, 0.4) is 0 Å². The standard InChI is InChI=1S/C15H20N6O3/c1-2-12-19-13(24-20-12)3-4-16-14(22)11-9-17-15(18-10-11)21-5-7-23-8-6-21/h9-10H,2-8H2,1H3,(H,16,22). The Morgan fingerprint density at radius 2 is 2.04 bits per heavy atom. The first-order valence-electron chi connectivity index (χ1n) is 8.00. The predicted octanol–water partition coefficient (Wildman–Crippen LogP) is 0.231. The number of amides is 1. The van der Waals surface area contributed by atoms with Gasteiger partial charge in [0.2, 0.25) is 11.8 Å². The fourth-order valence-corrected chi connectivity index (χ4v) is 2.29. The molecule has 0 spiro atoms. The monoisotopic (exact) mass is 332 g/mol. The van der Waals surface area contributed by atoms with Crippen molar-refractivity contribution >= 4 is 11.9 Å². The van der Waals surface area contributed by atoms with Crippen molar-refractivity contribution in [3.05, 3.63) is 29.7 Å². The lowest BCUT2D eigenvalue weighted by Crippen LogP contribution is -2.37. The zero-order valence-corrected chi connectivity index (χ0v) is 13.6. The van der Waals surface area contributed by atoms with Crippen LogP contribution in [-0.4, -0.2) is 58.9 Å². The lowest BCUT2D eigenvalue weighted by atomic mass is 10.3. The summed E-state index contributed by atoms with van der Waals surface area (Å²) in [4.78, 5) is 26.8. The molecule has 1 N–H and O–H groups in total. The van der Waals surface area contributed by atoms with E-state index in [-0.39, 0.29) is 5.91 Å². The van der Waals surface area contributed by atoms with Crippen molar-refractivity contribution < 1.29 is 14.1 Å². The van der Waals surface area contributed by atoms with Crippen LogP contribution in [-0.2, 0) is 17.6 Å². The first-order valence-corrected chi connectivity index (χ1v) is 8.00. The van der Waals surface area contributed by atoms with Crippen LogP contribution in [0.2, 0.25) is 0 Å². The highest BCUT2D eigenvalue weighted by atomic mass is 16.5. The van der Waals surface area contributed by atoms with Crippen LogP contribution in [0.1, 0.15) is 29.0 Å². The van der Waals surface area contributed by atoms with Gasteiger partial charge in [0, 0.05) is 44.9 Å². The number of carbonyl (C=O) groups excluding carboxylic acids is 1. The number of nitrogens with one attached hydrogen (secondary N) is 1. The molecule has 3 rings (SSSR count). The van der Waals surface area contributed by atoms with E-state index in [1.807, 2.05) is 11.8 Å². The second-order valence-corrected chi connectivity index (χ2v) is 5.33. The van der Waals surface area contributed by atoms with Gasteiger partial charge in [-0.15, -0.1) is 0 Å². The van der Waals surface area contributed by atoms with Gasteiger partial charge in [0.1, 0.15) is 0 Å². The molecule has 0 aliphatic carbocycles. The Bertz CT molecular complexity index is 666. The first-order chi connectivity index (χ1) is 11.8. The normalized spacial score (nSPS) is 14.6. The van der Waals surface area contributed by atoms with E-state index in [2.05, 4.69) is 25.4 Å². The summed E-state index contributed by atoms with van der Waals surface area (Å²) < 4.78 is 10.4. The molecule has 0 atom stereocenters. The van der Waals surface area contributed by atoms with Crippen LogP contribution in [0.15, 0.2) is 16.9 Å². The Balaban J connectivity index is 1.49. The van der Waals surface area contributed by atoms with Gasteiger partial charge in [0.15, 0.2) is 5.82 Å². The van der Waals surface area contributed by atoms with Crippen LogP contribution < -0.4 is 10.2 Å². The van der Waals surface area contributed by atoms with Gasteiger partial charge in [-0.25, -0.2) is 9.97 Å². The van der Waals surface area contributed by atoms with Crippen molar-refractivity contribution in [1.29, 1.82) is 0 Å². The number of carbonyl (C=O) groups is 1. The molecular formula is C15H20N6O3. The lowest BCUT2D eigenvalue weighted by Gasteiger charge is -2.26. The van der Waals surface area contributed by atoms with Gasteiger partial charge in [0.05, 0.1) is 18.8 Å². The van der Waals surface area contributed by atoms with Crippen molar-refractivity contribution in [3.63, 3.8) is 0 Å². The molecule has 1 saturated heterocycles. The van der Waals surface area contributed by atoms with E-state index in [0.717, 1.165) is 19.5 Å². The summed E-state index contributed by atoms with van der Waals surface area (Å²) in [5, 5.41) is 6.61. The summed E-state index contributed by atoms with van der Waals surface area (Å²) in [6, 6.07) is 0. The summed E-state index contributed by atoms with van der Waals surface area (Å²) >= 11 is 0. The zero-order valence-electron chi connectivity index (χ0n) is 13.6. The van der Waals surface area contributed by atoms with Gasteiger partial charge >= 0.3 is 0 Å².